The first-order valence-corrected chi connectivity index (χ1v) is 7.74. The number of anilines is 1. The Kier molecular flexibility index (Phi) is 4.41. The van der Waals surface area contributed by atoms with Gasteiger partial charge in [0.15, 0.2) is 5.13 Å². The molecule has 0 aliphatic carbocycles. The van der Waals surface area contributed by atoms with E-state index in [1.807, 2.05) is 66.0 Å². The van der Waals surface area contributed by atoms with Crippen molar-refractivity contribution in [3.63, 3.8) is 0 Å². The smallest absolute Gasteiger partial charge is 0.250 e. The van der Waals surface area contributed by atoms with E-state index >= 15 is 0 Å². The molecule has 22 heavy (non-hydrogen) atoms. The molecule has 1 amide bonds. The second kappa shape index (κ2) is 6.83. The third-order valence-electron chi connectivity index (χ3n) is 3.11. The van der Waals surface area contributed by atoms with Crippen molar-refractivity contribution in [2.24, 2.45) is 0 Å². The molecule has 0 bridgehead atoms. The fourth-order valence-corrected chi connectivity index (χ4v) is 2.66. The fraction of sp³-hybridized carbons (Fsp3) is 0. The molecule has 0 unspecified atom stereocenters. The maximum atomic E-state index is 12.2. The molecule has 108 valence electrons. The van der Waals surface area contributed by atoms with Crippen molar-refractivity contribution in [2.75, 3.05) is 5.32 Å². The number of aromatic nitrogens is 1. The predicted octanol–water partition coefficient (Wildman–Crippen LogP) is 4.21. The molecule has 0 saturated carbocycles. The molecule has 3 rings (SSSR count). The highest BCUT2D eigenvalue weighted by molar-refractivity contribution is 7.13. The van der Waals surface area contributed by atoms with E-state index in [1.165, 1.54) is 11.3 Å². The molecule has 3 nitrogen and oxygen atoms in total. The SMILES string of the molecule is O=C(C=C(c1ccccc1)c1ccccc1)Nc1nccs1. The van der Waals surface area contributed by atoms with Gasteiger partial charge in [0.05, 0.1) is 0 Å². The van der Waals surface area contributed by atoms with Crippen molar-refractivity contribution in [3.8, 4) is 0 Å². The number of carbonyl (C=O) groups is 1. The average molecular weight is 306 g/mol. The van der Waals surface area contributed by atoms with Crippen LogP contribution in [-0.4, -0.2) is 10.9 Å². The average Bonchev–Trinajstić information content (AvgIpc) is 3.07. The summed E-state index contributed by atoms with van der Waals surface area (Å²) in [5.74, 6) is -0.183. The van der Waals surface area contributed by atoms with Crippen LogP contribution in [-0.2, 0) is 4.79 Å². The molecule has 0 aliphatic rings. The number of amides is 1. The lowest BCUT2D eigenvalue weighted by Crippen LogP contribution is -2.08. The van der Waals surface area contributed by atoms with Crippen molar-refractivity contribution in [2.45, 2.75) is 0 Å². The Morgan fingerprint density at radius 2 is 1.55 bits per heavy atom. The first-order chi connectivity index (χ1) is 10.8. The number of hydrogen-bond donors (Lipinski definition) is 1. The number of hydrogen-bond acceptors (Lipinski definition) is 3. The molecule has 1 aromatic heterocycles. The van der Waals surface area contributed by atoms with E-state index in [9.17, 15) is 4.79 Å². The van der Waals surface area contributed by atoms with Gasteiger partial charge in [0.2, 0.25) is 0 Å². The van der Waals surface area contributed by atoms with Crippen LogP contribution in [0.1, 0.15) is 11.1 Å². The van der Waals surface area contributed by atoms with Crippen molar-refractivity contribution >= 4 is 27.9 Å². The minimum Gasteiger partial charge on any atom is -0.298 e. The maximum Gasteiger partial charge on any atom is 0.250 e. The quantitative estimate of drug-likeness (QED) is 0.734. The molecular formula is C18H14N2OS. The standard InChI is InChI=1S/C18H14N2OS/c21-17(20-18-19-11-12-22-18)13-16(14-7-3-1-4-8-14)15-9-5-2-6-10-15/h1-13H,(H,19,20,21). The van der Waals surface area contributed by atoms with Crippen LogP contribution in [0.25, 0.3) is 5.57 Å². The fourth-order valence-electron chi connectivity index (χ4n) is 2.13. The van der Waals surface area contributed by atoms with E-state index in [1.54, 1.807) is 12.3 Å². The minimum absolute atomic E-state index is 0.183. The van der Waals surface area contributed by atoms with Gasteiger partial charge in [-0.2, -0.15) is 0 Å². The van der Waals surface area contributed by atoms with Gasteiger partial charge in [0.25, 0.3) is 5.91 Å². The summed E-state index contributed by atoms with van der Waals surface area (Å²) in [7, 11) is 0. The van der Waals surface area contributed by atoms with Gasteiger partial charge < -0.3 is 0 Å². The second-order valence-electron chi connectivity index (χ2n) is 4.62. The second-order valence-corrected chi connectivity index (χ2v) is 5.51. The number of rotatable bonds is 4. The molecule has 3 aromatic rings. The van der Waals surface area contributed by atoms with Gasteiger partial charge in [0, 0.05) is 17.7 Å². The Hall–Kier alpha value is -2.72. The Balaban J connectivity index is 1.95. The monoisotopic (exact) mass is 306 g/mol. The first kappa shape index (κ1) is 14.2. The third kappa shape index (κ3) is 3.48. The van der Waals surface area contributed by atoms with Gasteiger partial charge in [-0.3, -0.25) is 10.1 Å². The number of thiazole rings is 1. The molecule has 4 heteroatoms. The van der Waals surface area contributed by atoms with Crippen LogP contribution < -0.4 is 5.32 Å². The molecule has 1 N–H and O–H groups in total. The number of nitrogens with zero attached hydrogens (tertiary/aromatic N) is 1. The van der Waals surface area contributed by atoms with Crippen molar-refractivity contribution < 1.29 is 4.79 Å². The van der Waals surface area contributed by atoms with Crippen LogP contribution in [0.4, 0.5) is 5.13 Å². The normalized spacial score (nSPS) is 10.0. The lowest BCUT2D eigenvalue weighted by atomic mass is 9.97. The Morgan fingerprint density at radius 1 is 0.955 bits per heavy atom. The summed E-state index contributed by atoms with van der Waals surface area (Å²) in [6.45, 7) is 0. The molecule has 0 fully saturated rings. The van der Waals surface area contributed by atoms with Gasteiger partial charge in [0.1, 0.15) is 0 Å². The molecular weight excluding hydrogens is 292 g/mol. The first-order valence-electron chi connectivity index (χ1n) is 6.86. The van der Waals surface area contributed by atoms with Gasteiger partial charge in [-0.15, -0.1) is 11.3 Å². The van der Waals surface area contributed by atoms with Gasteiger partial charge >= 0.3 is 0 Å². The zero-order valence-corrected chi connectivity index (χ0v) is 12.6. The van der Waals surface area contributed by atoms with Crippen molar-refractivity contribution in [3.05, 3.63) is 89.4 Å². The van der Waals surface area contributed by atoms with Crippen LogP contribution in [0.2, 0.25) is 0 Å². The highest BCUT2D eigenvalue weighted by Gasteiger charge is 2.08. The van der Waals surface area contributed by atoms with E-state index < -0.39 is 0 Å². The largest absolute Gasteiger partial charge is 0.298 e. The van der Waals surface area contributed by atoms with Crippen LogP contribution >= 0.6 is 11.3 Å². The molecule has 0 radical (unpaired) electrons. The lowest BCUT2D eigenvalue weighted by molar-refractivity contribution is -0.111. The Labute approximate surface area is 133 Å². The lowest BCUT2D eigenvalue weighted by Gasteiger charge is -2.08. The zero-order chi connectivity index (χ0) is 15.2. The van der Waals surface area contributed by atoms with Gasteiger partial charge in [-0.05, 0) is 16.7 Å². The molecule has 1 heterocycles. The van der Waals surface area contributed by atoms with E-state index in [-0.39, 0.29) is 5.91 Å². The van der Waals surface area contributed by atoms with Crippen molar-refractivity contribution in [1.82, 2.24) is 4.98 Å². The third-order valence-corrected chi connectivity index (χ3v) is 3.80. The Bertz CT molecular complexity index is 724. The van der Waals surface area contributed by atoms with Crippen LogP contribution in [0.15, 0.2) is 78.3 Å². The van der Waals surface area contributed by atoms with Crippen molar-refractivity contribution in [1.29, 1.82) is 0 Å². The molecule has 0 aliphatic heterocycles. The topological polar surface area (TPSA) is 42.0 Å². The summed E-state index contributed by atoms with van der Waals surface area (Å²) in [6, 6.07) is 19.8. The highest BCUT2D eigenvalue weighted by Crippen LogP contribution is 2.23. The molecule has 0 saturated heterocycles. The number of benzene rings is 2. The predicted molar refractivity (Wildman–Crippen MR) is 90.7 cm³/mol. The number of carbonyl (C=O) groups excluding carboxylic acids is 1. The number of nitrogens with one attached hydrogen (secondary N) is 1. The van der Waals surface area contributed by atoms with E-state index in [4.69, 9.17) is 0 Å². The summed E-state index contributed by atoms with van der Waals surface area (Å²) >= 11 is 1.40. The molecule has 2 aromatic carbocycles. The summed E-state index contributed by atoms with van der Waals surface area (Å²) in [5.41, 5.74) is 2.89. The van der Waals surface area contributed by atoms with Gasteiger partial charge in [-0.25, -0.2) is 4.98 Å². The Morgan fingerprint density at radius 3 is 2.05 bits per heavy atom. The summed E-state index contributed by atoms with van der Waals surface area (Å²) in [5, 5.41) is 5.21. The van der Waals surface area contributed by atoms with E-state index in [0.29, 0.717) is 5.13 Å². The summed E-state index contributed by atoms with van der Waals surface area (Å²) in [6.07, 6.45) is 3.28. The van der Waals surface area contributed by atoms with Crippen LogP contribution in [0.5, 0.6) is 0 Å². The summed E-state index contributed by atoms with van der Waals surface area (Å²) in [4.78, 5) is 16.3. The van der Waals surface area contributed by atoms with Gasteiger partial charge in [-0.1, -0.05) is 60.7 Å². The van der Waals surface area contributed by atoms with Crippen LogP contribution in [0, 0.1) is 0 Å². The maximum absolute atomic E-state index is 12.2. The van der Waals surface area contributed by atoms with E-state index in [0.717, 1.165) is 16.7 Å². The molecule has 0 spiro atoms. The highest BCUT2D eigenvalue weighted by atomic mass is 32.1. The summed E-state index contributed by atoms with van der Waals surface area (Å²) < 4.78 is 0. The minimum atomic E-state index is -0.183. The zero-order valence-electron chi connectivity index (χ0n) is 11.8. The molecule has 0 atom stereocenters. The van der Waals surface area contributed by atoms with E-state index in [2.05, 4.69) is 10.3 Å². The van der Waals surface area contributed by atoms with Crippen LogP contribution in [0.3, 0.4) is 0 Å².